The maximum absolute atomic E-state index is 12.8. The molecular weight excluding hydrogens is 458 g/mol. The summed E-state index contributed by atoms with van der Waals surface area (Å²) in [5, 5.41) is 0.730. The lowest BCUT2D eigenvalue weighted by atomic mass is 9.96. The molecule has 1 unspecified atom stereocenters. The van der Waals surface area contributed by atoms with Crippen molar-refractivity contribution in [3.8, 4) is 5.75 Å². The van der Waals surface area contributed by atoms with E-state index in [-0.39, 0.29) is 11.8 Å². The number of carbonyl (C=O) groups excluding carboxylic acids is 1. The van der Waals surface area contributed by atoms with Gasteiger partial charge >= 0.3 is 0 Å². The number of hydrogen-bond donors (Lipinski definition) is 1. The van der Waals surface area contributed by atoms with Gasteiger partial charge in [0.1, 0.15) is 12.4 Å². The van der Waals surface area contributed by atoms with Crippen molar-refractivity contribution in [2.24, 2.45) is 17.6 Å². The molecule has 0 saturated carbocycles. The molecule has 1 aliphatic rings. The zero-order chi connectivity index (χ0) is 25.4. The second-order valence-electron chi connectivity index (χ2n) is 10.3. The van der Waals surface area contributed by atoms with Gasteiger partial charge < -0.3 is 20.3 Å². The number of anilines is 1. The van der Waals surface area contributed by atoms with Crippen molar-refractivity contribution < 1.29 is 9.53 Å². The molecule has 3 rings (SSSR count). The van der Waals surface area contributed by atoms with Crippen LogP contribution >= 0.6 is 11.6 Å². The molecule has 2 aromatic carbocycles. The van der Waals surface area contributed by atoms with Crippen molar-refractivity contribution in [1.82, 2.24) is 4.90 Å². The van der Waals surface area contributed by atoms with E-state index in [0.717, 1.165) is 61.7 Å². The maximum Gasteiger partial charge on any atom is 0.239 e. The number of piperidine rings is 1. The SMILES string of the molecule is CCC(C)[C@H](N)C(=O)N1CCC(N(CCC(C)C)c2ccc(OCc3ccc(Cl)cc3)cc2)CC1. The first-order valence-corrected chi connectivity index (χ1v) is 13.4. The summed E-state index contributed by atoms with van der Waals surface area (Å²) in [5.74, 6) is 1.80. The zero-order valence-corrected chi connectivity index (χ0v) is 22.5. The fourth-order valence-electron chi connectivity index (χ4n) is 4.51. The maximum atomic E-state index is 12.8. The van der Waals surface area contributed by atoms with Crippen molar-refractivity contribution in [3.63, 3.8) is 0 Å². The minimum absolute atomic E-state index is 0.105. The Labute approximate surface area is 216 Å². The van der Waals surface area contributed by atoms with Gasteiger partial charge in [-0.25, -0.2) is 0 Å². The molecular formula is C29H42ClN3O2. The number of likely N-dealkylation sites (tertiary alicyclic amines) is 1. The van der Waals surface area contributed by atoms with Gasteiger partial charge in [-0.1, -0.05) is 57.8 Å². The fourth-order valence-corrected chi connectivity index (χ4v) is 4.63. The molecule has 2 N–H and O–H groups in total. The number of hydrogen-bond acceptors (Lipinski definition) is 4. The van der Waals surface area contributed by atoms with Crippen molar-refractivity contribution in [2.45, 2.75) is 72.1 Å². The Morgan fingerprint density at radius 2 is 1.71 bits per heavy atom. The van der Waals surface area contributed by atoms with E-state index in [2.05, 4.69) is 56.9 Å². The van der Waals surface area contributed by atoms with Crippen LogP contribution in [0.1, 0.15) is 58.9 Å². The molecule has 1 saturated heterocycles. The monoisotopic (exact) mass is 499 g/mol. The average Bonchev–Trinajstić information content (AvgIpc) is 2.88. The number of amides is 1. The predicted octanol–water partition coefficient (Wildman–Crippen LogP) is 6.14. The third kappa shape index (κ3) is 7.88. The third-order valence-corrected chi connectivity index (χ3v) is 7.45. The van der Waals surface area contributed by atoms with Crippen molar-refractivity contribution >= 4 is 23.2 Å². The van der Waals surface area contributed by atoms with E-state index >= 15 is 0 Å². The zero-order valence-electron chi connectivity index (χ0n) is 21.8. The number of ether oxygens (including phenoxy) is 1. The lowest BCUT2D eigenvalue weighted by Crippen LogP contribution is -2.52. The quantitative estimate of drug-likeness (QED) is 0.403. The third-order valence-electron chi connectivity index (χ3n) is 7.19. The highest BCUT2D eigenvalue weighted by atomic mass is 35.5. The summed E-state index contributed by atoms with van der Waals surface area (Å²) in [6.45, 7) is 11.7. The normalized spacial score (nSPS) is 16.3. The van der Waals surface area contributed by atoms with Gasteiger partial charge in [-0.3, -0.25) is 4.79 Å². The molecule has 192 valence electrons. The molecule has 5 nitrogen and oxygen atoms in total. The highest BCUT2D eigenvalue weighted by Gasteiger charge is 2.31. The van der Waals surface area contributed by atoms with Crippen molar-refractivity contribution in [1.29, 1.82) is 0 Å². The summed E-state index contributed by atoms with van der Waals surface area (Å²) < 4.78 is 5.98. The van der Waals surface area contributed by atoms with Crippen LogP contribution in [0.5, 0.6) is 5.75 Å². The smallest absolute Gasteiger partial charge is 0.239 e. The van der Waals surface area contributed by atoms with Gasteiger partial charge in [0.25, 0.3) is 0 Å². The Morgan fingerprint density at radius 3 is 2.29 bits per heavy atom. The molecule has 1 aliphatic heterocycles. The summed E-state index contributed by atoms with van der Waals surface area (Å²) in [7, 11) is 0. The fraction of sp³-hybridized carbons (Fsp3) is 0.552. The Balaban J connectivity index is 1.62. The standard InChI is InChI=1S/C29H42ClN3O2/c1-5-22(4)28(31)29(34)32-17-15-26(16-18-32)33(19-14-21(2)3)25-10-12-27(13-11-25)35-20-23-6-8-24(30)9-7-23/h6-13,21-22,26,28H,5,14-20,31H2,1-4H3/t22?,28-/m0/s1. The molecule has 6 heteroatoms. The minimum Gasteiger partial charge on any atom is -0.489 e. The van der Waals surface area contributed by atoms with E-state index in [1.165, 1.54) is 5.69 Å². The predicted molar refractivity (Wildman–Crippen MR) is 146 cm³/mol. The number of nitrogens with two attached hydrogens (primary N) is 1. The van der Waals surface area contributed by atoms with Gasteiger partial charge in [-0.15, -0.1) is 0 Å². The average molecular weight is 500 g/mol. The van der Waals surface area contributed by atoms with Gasteiger partial charge in [-0.05, 0) is 73.1 Å². The molecule has 35 heavy (non-hydrogen) atoms. The number of rotatable bonds is 11. The molecule has 0 bridgehead atoms. The number of carbonyl (C=O) groups is 1. The number of benzene rings is 2. The van der Waals surface area contributed by atoms with Crippen LogP contribution in [-0.2, 0) is 11.4 Å². The first kappa shape index (κ1) is 27.3. The van der Waals surface area contributed by atoms with Crippen LogP contribution in [-0.4, -0.2) is 42.5 Å². The van der Waals surface area contributed by atoms with Gasteiger partial charge in [0.2, 0.25) is 5.91 Å². The van der Waals surface area contributed by atoms with E-state index in [9.17, 15) is 4.79 Å². The minimum atomic E-state index is -0.394. The molecule has 0 radical (unpaired) electrons. The van der Waals surface area contributed by atoms with Crippen LogP contribution in [0.15, 0.2) is 48.5 Å². The topological polar surface area (TPSA) is 58.8 Å². The van der Waals surface area contributed by atoms with Crippen LogP contribution in [0.3, 0.4) is 0 Å². The van der Waals surface area contributed by atoms with E-state index in [1.54, 1.807) is 0 Å². The summed E-state index contributed by atoms with van der Waals surface area (Å²) in [6.07, 6.45) is 3.98. The molecule has 0 aromatic heterocycles. The Morgan fingerprint density at radius 1 is 1.09 bits per heavy atom. The molecule has 0 aliphatic carbocycles. The van der Waals surface area contributed by atoms with Crippen LogP contribution in [0, 0.1) is 11.8 Å². The van der Waals surface area contributed by atoms with Crippen molar-refractivity contribution in [2.75, 3.05) is 24.5 Å². The Kier molecular flexibility index (Phi) is 10.3. The van der Waals surface area contributed by atoms with Gasteiger partial charge in [0.05, 0.1) is 6.04 Å². The summed E-state index contributed by atoms with van der Waals surface area (Å²) in [5.41, 5.74) is 8.53. The number of nitrogens with zero attached hydrogens (tertiary/aromatic N) is 2. The van der Waals surface area contributed by atoms with Gasteiger partial charge in [0, 0.05) is 36.4 Å². The molecule has 1 fully saturated rings. The largest absolute Gasteiger partial charge is 0.489 e. The summed E-state index contributed by atoms with van der Waals surface area (Å²) in [6, 6.07) is 16.2. The van der Waals surface area contributed by atoms with E-state index in [0.29, 0.717) is 18.6 Å². The van der Waals surface area contributed by atoms with E-state index in [4.69, 9.17) is 22.1 Å². The first-order valence-electron chi connectivity index (χ1n) is 13.1. The molecule has 0 spiro atoms. The van der Waals surface area contributed by atoms with E-state index in [1.807, 2.05) is 29.2 Å². The van der Waals surface area contributed by atoms with E-state index < -0.39 is 6.04 Å². The molecule has 1 amide bonds. The van der Waals surface area contributed by atoms with Crippen LogP contribution in [0.4, 0.5) is 5.69 Å². The first-order chi connectivity index (χ1) is 16.8. The second kappa shape index (κ2) is 13.2. The van der Waals surface area contributed by atoms with Crippen LogP contribution in [0.25, 0.3) is 0 Å². The van der Waals surface area contributed by atoms with Gasteiger partial charge in [0.15, 0.2) is 0 Å². The summed E-state index contributed by atoms with van der Waals surface area (Å²) >= 11 is 5.97. The lowest BCUT2D eigenvalue weighted by molar-refractivity contribution is -0.134. The van der Waals surface area contributed by atoms with Crippen LogP contribution in [0.2, 0.25) is 5.02 Å². The molecule has 2 aromatic rings. The molecule has 2 atom stereocenters. The Bertz CT molecular complexity index is 909. The van der Waals surface area contributed by atoms with Gasteiger partial charge in [-0.2, -0.15) is 0 Å². The highest BCUT2D eigenvalue weighted by Crippen LogP contribution is 2.28. The summed E-state index contributed by atoms with van der Waals surface area (Å²) in [4.78, 5) is 17.3. The highest BCUT2D eigenvalue weighted by molar-refractivity contribution is 6.30. The van der Waals surface area contributed by atoms with Crippen LogP contribution < -0.4 is 15.4 Å². The number of halogens is 1. The van der Waals surface area contributed by atoms with Crippen molar-refractivity contribution in [3.05, 3.63) is 59.1 Å². The second-order valence-corrected chi connectivity index (χ2v) is 10.7. The Hall–Kier alpha value is -2.24. The molecule has 1 heterocycles. The lowest BCUT2D eigenvalue weighted by Gasteiger charge is -2.41.